The second-order valence-electron chi connectivity index (χ2n) is 13.0. The molecule has 1 amide bonds. The van der Waals surface area contributed by atoms with Crippen LogP contribution in [0.5, 0.6) is 11.8 Å². The maximum Gasteiger partial charge on any atom is 0.248 e. The van der Waals surface area contributed by atoms with E-state index < -0.39 is 5.54 Å². The van der Waals surface area contributed by atoms with Gasteiger partial charge in [-0.25, -0.2) is 0 Å². The van der Waals surface area contributed by atoms with Gasteiger partial charge in [0.1, 0.15) is 10.6 Å². The second kappa shape index (κ2) is 12.2. The third kappa shape index (κ3) is 4.63. The quantitative estimate of drug-likeness (QED) is 0.290. The molecule has 0 fully saturated rings. The molecule has 0 saturated carbocycles. The molecule has 3 aliphatic heterocycles. The van der Waals surface area contributed by atoms with Crippen molar-refractivity contribution >= 4 is 58.0 Å². The minimum Gasteiger partial charge on any atom is -0.494 e. The molecule has 46 heavy (non-hydrogen) atoms. The van der Waals surface area contributed by atoms with E-state index in [0.29, 0.717) is 0 Å². The Morgan fingerprint density at radius 1 is 0.891 bits per heavy atom. The molecule has 1 aromatic carbocycles. The largest absolute Gasteiger partial charge is 0.494 e. The molecule has 246 valence electrons. The number of anilines is 1. The Bertz CT molecular complexity index is 1740. The molecule has 6 rings (SSSR count). The van der Waals surface area contributed by atoms with Crippen molar-refractivity contribution in [3.05, 3.63) is 71.2 Å². The summed E-state index contributed by atoms with van der Waals surface area (Å²) in [6.45, 7) is 20.2. The van der Waals surface area contributed by atoms with E-state index in [1.165, 1.54) is 75.3 Å². The fourth-order valence-electron chi connectivity index (χ4n) is 8.24. The Hall–Kier alpha value is -2.42. The van der Waals surface area contributed by atoms with Gasteiger partial charge in [-0.05, 0) is 114 Å². The molecule has 0 radical (unpaired) electrons. The summed E-state index contributed by atoms with van der Waals surface area (Å²) in [6.07, 6.45) is 6.61. The van der Waals surface area contributed by atoms with Gasteiger partial charge in [-0.15, -0.1) is 23.5 Å². The number of allylic oxidation sites excluding steroid dienone is 5. The van der Waals surface area contributed by atoms with E-state index in [4.69, 9.17) is 0 Å². The number of carbonyl (C=O) groups is 1. The van der Waals surface area contributed by atoms with Gasteiger partial charge in [-0.2, -0.15) is 0 Å². The van der Waals surface area contributed by atoms with Crippen molar-refractivity contribution in [3.8, 4) is 11.8 Å². The number of hydrogen-bond donors (Lipinski definition) is 2. The molecular formula is C38H48N2O3S3. The van der Waals surface area contributed by atoms with Gasteiger partial charge in [0, 0.05) is 28.2 Å². The van der Waals surface area contributed by atoms with E-state index in [9.17, 15) is 15.0 Å². The highest BCUT2D eigenvalue weighted by Gasteiger charge is 2.57. The molecule has 2 aromatic rings. The lowest BCUT2D eigenvalue weighted by Crippen LogP contribution is -2.56. The van der Waals surface area contributed by atoms with Crippen molar-refractivity contribution < 1.29 is 15.0 Å². The Morgan fingerprint density at radius 3 is 2.02 bits per heavy atom. The van der Waals surface area contributed by atoms with Crippen LogP contribution >= 0.6 is 35.3 Å². The SMILES string of the molecule is CCC1=C(CC)SC2(S1)C(CC)=C(CC)SC1=C2c2cc3c(c(C)c2N(C(=O)Cn2c(O)ccc2O)C1(C)CC)C(CC)=C(C)C3. The van der Waals surface area contributed by atoms with Crippen LogP contribution in [0.1, 0.15) is 116 Å². The minimum absolute atomic E-state index is 0.113. The van der Waals surface area contributed by atoms with Gasteiger partial charge >= 0.3 is 0 Å². The van der Waals surface area contributed by atoms with Gasteiger partial charge in [0.15, 0.2) is 11.8 Å². The smallest absolute Gasteiger partial charge is 0.248 e. The zero-order chi connectivity index (χ0) is 33.3. The van der Waals surface area contributed by atoms with Crippen LogP contribution in [0, 0.1) is 6.92 Å². The Balaban J connectivity index is 1.69. The number of aromatic hydroxyl groups is 2. The Kier molecular flexibility index (Phi) is 8.90. The number of amides is 1. The van der Waals surface area contributed by atoms with E-state index in [0.717, 1.165) is 56.2 Å². The number of fused-ring (bicyclic) bond motifs is 4. The summed E-state index contributed by atoms with van der Waals surface area (Å²) in [5.74, 6) is -0.361. The molecule has 8 heteroatoms. The molecule has 1 spiro atoms. The number of benzene rings is 1. The molecule has 1 atom stereocenters. The molecule has 1 aliphatic carbocycles. The molecule has 0 bridgehead atoms. The third-order valence-corrected chi connectivity index (χ3v) is 15.9. The zero-order valence-corrected chi connectivity index (χ0v) is 31.3. The fraction of sp³-hybridized carbons (Fsp3) is 0.500. The molecule has 5 nitrogen and oxygen atoms in total. The third-order valence-electron chi connectivity index (χ3n) is 10.6. The summed E-state index contributed by atoms with van der Waals surface area (Å²) >= 11 is 6.05. The number of rotatable bonds is 8. The first kappa shape index (κ1) is 33.5. The highest BCUT2D eigenvalue weighted by molar-refractivity contribution is 8.25. The lowest BCUT2D eigenvalue weighted by molar-refractivity contribution is -0.120. The molecule has 4 aliphatic rings. The second-order valence-corrected chi connectivity index (χ2v) is 17.0. The van der Waals surface area contributed by atoms with Crippen LogP contribution in [0.2, 0.25) is 0 Å². The van der Waals surface area contributed by atoms with Crippen LogP contribution in [0.15, 0.2) is 49.0 Å². The maximum absolute atomic E-state index is 14.8. The molecule has 4 heterocycles. The van der Waals surface area contributed by atoms with Gasteiger partial charge in [-0.1, -0.05) is 58.9 Å². The van der Waals surface area contributed by atoms with Gasteiger partial charge < -0.3 is 10.2 Å². The highest BCUT2D eigenvalue weighted by Crippen LogP contribution is 2.72. The van der Waals surface area contributed by atoms with E-state index in [1.54, 1.807) is 0 Å². The van der Waals surface area contributed by atoms with Crippen molar-refractivity contribution in [1.82, 2.24) is 4.57 Å². The average Bonchev–Trinajstić information content (AvgIpc) is 3.69. The average molecular weight is 677 g/mol. The first-order valence-corrected chi connectivity index (χ1v) is 19.4. The van der Waals surface area contributed by atoms with Crippen molar-refractivity contribution in [3.63, 3.8) is 0 Å². The number of aromatic nitrogens is 1. The van der Waals surface area contributed by atoms with Crippen LogP contribution < -0.4 is 4.90 Å². The topological polar surface area (TPSA) is 65.7 Å². The van der Waals surface area contributed by atoms with Crippen molar-refractivity contribution in [2.24, 2.45) is 0 Å². The number of nitrogens with zero attached hydrogens (tertiary/aromatic N) is 2. The van der Waals surface area contributed by atoms with Crippen LogP contribution in [0.25, 0.3) is 11.1 Å². The predicted octanol–water partition coefficient (Wildman–Crippen LogP) is 10.9. The van der Waals surface area contributed by atoms with Crippen LogP contribution in [0.4, 0.5) is 5.69 Å². The monoisotopic (exact) mass is 676 g/mol. The Labute approximate surface area is 287 Å². The lowest BCUT2D eigenvalue weighted by atomic mass is 9.78. The summed E-state index contributed by atoms with van der Waals surface area (Å²) in [7, 11) is 0. The van der Waals surface area contributed by atoms with E-state index in [1.807, 2.05) is 11.8 Å². The molecule has 1 aromatic heterocycles. The van der Waals surface area contributed by atoms with Crippen molar-refractivity contribution in [1.29, 1.82) is 0 Å². The summed E-state index contributed by atoms with van der Waals surface area (Å²) in [4.78, 5) is 22.6. The summed E-state index contributed by atoms with van der Waals surface area (Å²) in [5, 5.41) is 21.2. The first-order valence-electron chi connectivity index (χ1n) is 17.0. The lowest BCUT2D eigenvalue weighted by Gasteiger charge is -2.53. The molecule has 1 unspecified atom stereocenters. The summed E-state index contributed by atoms with van der Waals surface area (Å²) in [5.41, 5.74) is 11.1. The molecule has 0 saturated heterocycles. The van der Waals surface area contributed by atoms with E-state index in [-0.39, 0.29) is 28.3 Å². The number of carbonyl (C=O) groups excluding carboxylic acids is 1. The van der Waals surface area contributed by atoms with Gasteiger partial charge in [0.25, 0.3) is 0 Å². The van der Waals surface area contributed by atoms with Crippen molar-refractivity contribution in [2.45, 2.75) is 123 Å². The van der Waals surface area contributed by atoms with Crippen molar-refractivity contribution in [2.75, 3.05) is 4.90 Å². The highest BCUT2D eigenvalue weighted by atomic mass is 32.2. The zero-order valence-electron chi connectivity index (χ0n) is 28.8. The predicted molar refractivity (Wildman–Crippen MR) is 199 cm³/mol. The molecular weight excluding hydrogens is 629 g/mol. The summed E-state index contributed by atoms with van der Waals surface area (Å²) in [6, 6.07) is 5.31. The standard InChI is InChI=1S/C38H48N2O3S3/c1-10-24-21(7)18-23-19-25-34-36(44-27(12-3)26(11-2)38(34)45-28(13-4)29(14-5)46-38)37(9,15-6)40(35(25)22(8)33(23)24)32(43)20-39-30(41)16-17-31(39)42/h16-17,19,41-42H,10-15,18,20H2,1-9H3. The van der Waals surface area contributed by atoms with Crippen LogP contribution in [0.3, 0.4) is 0 Å². The van der Waals surface area contributed by atoms with E-state index >= 15 is 0 Å². The summed E-state index contributed by atoms with van der Waals surface area (Å²) < 4.78 is 1.03. The van der Waals surface area contributed by atoms with Gasteiger partial charge in [0.05, 0.1) is 11.2 Å². The normalized spacial score (nSPS) is 22.0. The van der Waals surface area contributed by atoms with Gasteiger partial charge in [0.2, 0.25) is 5.91 Å². The van der Waals surface area contributed by atoms with Gasteiger partial charge in [-0.3, -0.25) is 14.3 Å². The fourth-order valence-corrected chi connectivity index (χ4v) is 14.1. The maximum atomic E-state index is 14.8. The first-order chi connectivity index (χ1) is 22.0. The van der Waals surface area contributed by atoms with Crippen LogP contribution in [-0.2, 0) is 17.8 Å². The molecule has 2 N–H and O–H groups in total. The Morgan fingerprint density at radius 2 is 1.50 bits per heavy atom. The minimum atomic E-state index is -0.625. The number of hydrogen-bond acceptors (Lipinski definition) is 6. The van der Waals surface area contributed by atoms with Crippen LogP contribution in [-0.4, -0.2) is 30.3 Å². The number of thioether (sulfide) groups is 3. The van der Waals surface area contributed by atoms with E-state index in [2.05, 4.69) is 96.8 Å².